The van der Waals surface area contributed by atoms with Crippen molar-refractivity contribution < 1.29 is 8.42 Å². The molecule has 0 saturated heterocycles. The van der Waals surface area contributed by atoms with E-state index in [4.69, 9.17) is 0 Å². The van der Waals surface area contributed by atoms with Crippen LogP contribution in [0.15, 0.2) is 23.1 Å². The van der Waals surface area contributed by atoms with E-state index in [0.29, 0.717) is 18.0 Å². The first-order valence-electron chi connectivity index (χ1n) is 7.21. The quantitative estimate of drug-likeness (QED) is 0.804. The van der Waals surface area contributed by atoms with Gasteiger partial charge in [0.25, 0.3) is 0 Å². The molecule has 0 aromatic heterocycles. The van der Waals surface area contributed by atoms with Crippen molar-refractivity contribution in [1.82, 2.24) is 4.31 Å². The zero-order valence-electron chi connectivity index (χ0n) is 11.9. The summed E-state index contributed by atoms with van der Waals surface area (Å²) in [6.07, 6.45) is 5.17. The predicted octanol–water partition coefficient (Wildman–Crippen LogP) is 2.99. The average Bonchev–Trinajstić information content (AvgIpc) is 2.86. The van der Waals surface area contributed by atoms with Crippen molar-refractivity contribution in [2.24, 2.45) is 0 Å². The van der Waals surface area contributed by atoms with Crippen molar-refractivity contribution in [2.75, 3.05) is 13.1 Å². The number of rotatable bonds is 6. The molecule has 1 aromatic carbocycles. The molecule has 19 heavy (non-hydrogen) atoms. The van der Waals surface area contributed by atoms with E-state index >= 15 is 0 Å². The van der Waals surface area contributed by atoms with Gasteiger partial charge < -0.3 is 0 Å². The molecule has 0 radical (unpaired) electrons. The van der Waals surface area contributed by atoms with Crippen LogP contribution < -0.4 is 0 Å². The molecule has 0 N–H and O–H groups in total. The van der Waals surface area contributed by atoms with Crippen molar-refractivity contribution in [3.05, 3.63) is 29.3 Å². The summed E-state index contributed by atoms with van der Waals surface area (Å²) < 4.78 is 26.8. The summed E-state index contributed by atoms with van der Waals surface area (Å²) in [4.78, 5) is 0.464. The molecule has 0 spiro atoms. The van der Waals surface area contributed by atoms with Gasteiger partial charge >= 0.3 is 0 Å². The van der Waals surface area contributed by atoms with Gasteiger partial charge in [0.2, 0.25) is 10.0 Å². The van der Waals surface area contributed by atoms with Gasteiger partial charge in [-0.2, -0.15) is 4.31 Å². The van der Waals surface area contributed by atoms with Gasteiger partial charge in [0.15, 0.2) is 0 Å². The average molecular weight is 281 g/mol. The number of hydrogen-bond acceptors (Lipinski definition) is 2. The standard InChI is InChI=1S/C15H23NO2S/c1-3-5-11-16(4-2)19(17,18)15-10-9-13-7-6-8-14(13)12-15/h9-10,12H,3-8,11H2,1-2H3. The van der Waals surface area contributed by atoms with E-state index < -0.39 is 10.0 Å². The van der Waals surface area contributed by atoms with Crippen LogP contribution in [0.5, 0.6) is 0 Å². The zero-order chi connectivity index (χ0) is 13.9. The Morgan fingerprint density at radius 2 is 1.89 bits per heavy atom. The molecule has 1 aliphatic carbocycles. The fourth-order valence-corrected chi connectivity index (χ4v) is 4.18. The third kappa shape index (κ3) is 3.00. The maximum atomic E-state index is 12.6. The number of nitrogens with zero attached hydrogens (tertiary/aromatic N) is 1. The monoisotopic (exact) mass is 281 g/mol. The summed E-state index contributed by atoms with van der Waals surface area (Å²) in [6, 6.07) is 5.64. The maximum Gasteiger partial charge on any atom is 0.243 e. The molecule has 0 heterocycles. The highest BCUT2D eigenvalue weighted by atomic mass is 32.2. The molecule has 3 nitrogen and oxygen atoms in total. The first kappa shape index (κ1) is 14.5. The molecule has 0 unspecified atom stereocenters. The van der Waals surface area contributed by atoms with Crippen LogP contribution in [-0.2, 0) is 22.9 Å². The van der Waals surface area contributed by atoms with E-state index in [1.807, 2.05) is 19.1 Å². The molecule has 0 aliphatic heterocycles. The van der Waals surface area contributed by atoms with Crippen LogP contribution in [0.1, 0.15) is 44.2 Å². The Balaban J connectivity index is 2.27. The summed E-state index contributed by atoms with van der Waals surface area (Å²) in [5.41, 5.74) is 2.53. The lowest BCUT2D eigenvalue weighted by Gasteiger charge is -2.20. The van der Waals surface area contributed by atoms with Crippen molar-refractivity contribution in [3.63, 3.8) is 0 Å². The second kappa shape index (κ2) is 6.06. The number of hydrogen-bond donors (Lipinski definition) is 0. The molecule has 2 rings (SSSR count). The lowest BCUT2D eigenvalue weighted by Crippen LogP contribution is -2.31. The normalized spacial score (nSPS) is 14.9. The molecule has 4 heteroatoms. The summed E-state index contributed by atoms with van der Waals surface area (Å²) in [6.45, 7) is 5.14. The maximum absolute atomic E-state index is 12.6. The van der Waals surface area contributed by atoms with Crippen LogP contribution in [0, 0.1) is 0 Å². The van der Waals surface area contributed by atoms with Crippen LogP contribution in [0.25, 0.3) is 0 Å². The smallest absolute Gasteiger partial charge is 0.207 e. The van der Waals surface area contributed by atoms with E-state index in [2.05, 4.69) is 6.92 Å². The van der Waals surface area contributed by atoms with E-state index in [-0.39, 0.29) is 0 Å². The molecule has 0 amide bonds. The highest BCUT2D eigenvalue weighted by Gasteiger charge is 2.24. The molecule has 0 fully saturated rings. The highest BCUT2D eigenvalue weighted by molar-refractivity contribution is 7.89. The van der Waals surface area contributed by atoms with Gasteiger partial charge in [-0.25, -0.2) is 8.42 Å². The van der Waals surface area contributed by atoms with Crippen LogP contribution in [0.2, 0.25) is 0 Å². The summed E-state index contributed by atoms with van der Waals surface area (Å²) >= 11 is 0. The van der Waals surface area contributed by atoms with Gasteiger partial charge in [-0.1, -0.05) is 26.3 Å². The molecular formula is C15H23NO2S. The third-order valence-corrected chi connectivity index (χ3v) is 5.79. The van der Waals surface area contributed by atoms with Crippen molar-refractivity contribution in [2.45, 2.75) is 50.8 Å². The fraction of sp³-hybridized carbons (Fsp3) is 0.600. The lowest BCUT2D eigenvalue weighted by atomic mass is 10.1. The summed E-state index contributed by atoms with van der Waals surface area (Å²) in [7, 11) is -3.31. The number of fused-ring (bicyclic) bond motifs is 1. The minimum absolute atomic E-state index is 0.464. The van der Waals surface area contributed by atoms with E-state index in [0.717, 1.165) is 32.1 Å². The van der Waals surface area contributed by atoms with Crippen LogP contribution in [-0.4, -0.2) is 25.8 Å². The first-order chi connectivity index (χ1) is 9.09. The minimum atomic E-state index is -3.31. The molecule has 1 aromatic rings. The second-order valence-corrected chi connectivity index (χ2v) is 7.07. The van der Waals surface area contributed by atoms with Gasteiger partial charge in [0.1, 0.15) is 0 Å². The molecule has 106 valence electrons. The Morgan fingerprint density at radius 3 is 2.58 bits per heavy atom. The van der Waals surface area contributed by atoms with Gasteiger partial charge in [-0.15, -0.1) is 0 Å². The van der Waals surface area contributed by atoms with Crippen molar-refractivity contribution in [1.29, 1.82) is 0 Å². The largest absolute Gasteiger partial charge is 0.243 e. The minimum Gasteiger partial charge on any atom is -0.207 e. The molecular weight excluding hydrogens is 258 g/mol. The zero-order valence-corrected chi connectivity index (χ0v) is 12.7. The van der Waals surface area contributed by atoms with Crippen LogP contribution >= 0.6 is 0 Å². The topological polar surface area (TPSA) is 37.4 Å². The van der Waals surface area contributed by atoms with Gasteiger partial charge in [0.05, 0.1) is 4.90 Å². The Bertz CT molecular complexity index is 537. The third-order valence-electron chi connectivity index (χ3n) is 3.82. The molecule has 0 bridgehead atoms. The van der Waals surface area contributed by atoms with E-state index in [9.17, 15) is 8.42 Å². The van der Waals surface area contributed by atoms with Crippen LogP contribution in [0.3, 0.4) is 0 Å². The van der Waals surface area contributed by atoms with Gasteiger partial charge in [0, 0.05) is 13.1 Å². The summed E-state index contributed by atoms with van der Waals surface area (Å²) in [5.74, 6) is 0. The fourth-order valence-electron chi connectivity index (χ4n) is 2.64. The Kier molecular flexibility index (Phi) is 4.63. The molecule has 0 saturated carbocycles. The summed E-state index contributed by atoms with van der Waals surface area (Å²) in [5, 5.41) is 0. The Morgan fingerprint density at radius 1 is 1.16 bits per heavy atom. The highest BCUT2D eigenvalue weighted by Crippen LogP contribution is 2.26. The Hall–Kier alpha value is -0.870. The SMILES string of the molecule is CCCCN(CC)S(=O)(=O)c1ccc2c(c1)CCC2. The number of aryl methyl sites for hydroxylation is 2. The molecule has 0 atom stereocenters. The van der Waals surface area contributed by atoms with E-state index in [1.165, 1.54) is 11.1 Å². The van der Waals surface area contributed by atoms with Crippen molar-refractivity contribution >= 4 is 10.0 Å². The molecule has 1 aliphatic rings. The van der Waals surface area contributed by atoms with Crippen molar-refractivity contribution in [3.8, 4) is 0 Å². The predicted molar refractivity (Wildman–Crippen MR) is 77.8 cm³/mol. The lowest BCUT2D eigenvalue weighted by molar-refractivity contribution is 0.419. The number of sulfonamides is 1. The number of benzene rings is 1. The second-order valence-electron chi connectivity index (χ2n) is 5.13. The first-order valence-corrected chi connectivity index (χ1v) is 8.65. The Labute approximate surface area is 116 Å². The van der Waals surface area contributed by atoms with Gasteiger partial charge in [-0.05, 0) is 48.9 Å². The number of unbranched alkanes of at least 4 members (excludes halogenated alkanes) is 1. The van der Waals surface area contributed by atoms with Crippen LogP contribution in [0.4, 0.5) is 0 Å². The van der Waals surface area contributed by atoms with Gasteiger partial charge in [-0.3, -0.25) is 0 Å². The van der Waals surface area contributed by atoms with E-state index in [1.54, 1.807) is 10.4 Å².